The average molecular weight is 341 g/mol. The molecule has 0 aliphatic carbocycles. The number of hydrogen-bond donors (Lipinski definition) is 1. The monoisotopic (exact) mass is 341 g/mol. The molecule has 7 heteroatoms. The molecule has 1 aromatic rings. The van der Waals surface area contributed by atoms with E-state index < -0.39 is 13.3 Å². The maximum atomic E-state index is 13.1. The van der Waals surface area contributed by atoms with Crippen molar-refractivity contribution >= 4 is 19.3 Å². The third-order valence-electron chi connectivity index (χ3n) is 3.06. The van der Waals surface area contributed by atoms with Crippen molar-refractivity contribution in [1.29, 1.82) is 5.41 Å². The number of benzene rings is 1. The molecule has 0 aromatic heterocycles. The van der Waals surface area contributed by atoms with Gasteiger partial charge in [0.15, 0.2) is 11.7 Å². The van der Waals surface area contributed by atoms with Crippen molar-refractivity contribution in [3.8, 4) is 0 Å². The molecule has 1 N–H and O–H groups in total. The summed E-state index contributed by atoms with van der Waals surface area (Å²) in [5, 5.41) is 7.81. The van der Waals surface area contributed by atoms with E-state index in [0.29, 0.717) is 12.2 Å². The molecular weight excluding hydrogens is 317 g/mol. The van der Waals surface area contributed by atoms with Crippen molar-refractivity contribution in [2.75, 3.05) is 19.8 Å². The topological polar surface area (TPSA) is 85.7 Å². The van der Waals surface area contributed by atoms with E-state index in [0.717, 1.165) is 0 Å². The Bertz CT molecular complexity index is 551. The molecule has 0 heterocycles. The molecule has 1 aromatic carbocycles. The van der Waals surface area contributed by atoms with Gasteiger partial charge in [-0.15, -0.1) is 0 Å². The lowest BCUT2D eigenvalue weighted by Crippen LogP contribution is -2.27. The number of ketones is 1. The summed E-state index contributed by atoms with van der Waals surface area (Å²) in [5.74, 6) is -0.485. The first-order valence-electron chi connectivity index (χ1n) is 7.66. The molecule has 0 aliphatic rings. The van der Waals surface area contributed by atoms with Crippen LogP contribution in [0.25, 0.3) is 0 Å². The SMILES string of the molecule is CCOC(=N)CC(C(=O)c1ccccc1)P(=O)(OCC)OCC. The largest absolute Gasteiger partial charge is 0.481 e. The summed E-state index contributed by atoms with van der Waals surface area (Å²) in [5.41, 5.74) is -0.690. The highest BCUT2D eigenvalue weighted by Crippen LogP contribution is 2.55. The maximum absolute atomic E-state index is 13.1. The van der Waals surface area contributed by atoms with Crippen LogP contribution in [0.3, 0.4) is 0 Å². The third-order valence-corrected chi connectivity index (χ3v) is 5.47. The fourth-order valence-corrected chi connectivity index (χ4v) is 4.11. The van der Waals surface area contributed by atoms with Crippen molar-refractivity contribution in [1.82, 2.24) is 0 Å². The predicted molar refractivity (Wildman–Crippen MR) is 89.4 cm³/mol. The van der Waals surface area contributed by atoms with Crippen LogP contribution < -0.4 is 0 Å². The Morgan fingerprint density at radius 1 is 1.09 bits per heavy atom. The zero-order valence-electron chi connectivity index (χ0n) is 13.8. The first kappa shape index (κ1) is 19.6. The maximum Gasteiger partial charge on any atom is 0.341 e. The Hall–Kier alpha value is -1.49. The normalized spacial score (nSPS) is 12.7. The number of carbonyl (C=O) groups excluding carboxylic acids is 1. The van der Waals surface area contributed by atoms with E-state index in [-0.39, 0.29) is 31.3 Å². The molecule has 0 saturated heterocycles. The van der Waals surface area contributed by atoms with E-state index in [9.17, 15) is 9.36 Å². The van der Waals surface area contributed by atoms with Gasteiger partial charge in [0.2, 0.25) is 0 Å². The summed E-state index contributed by atoms with van der Waals surface area (Å²) >= 11 is 0. The Morgan fingerprint density at radius 2 is 1.65 bits per heavy atom. The minimum Gasteiger partial charge on any atom is -0.481 e. The highest BCUT2D eigenvalue weighted by molar-refractivity contribution is 7.55. The van der Waals surface area contributed by atoms with Crippen molar-refractivity contribution in [2.24, 2.45) is 0 Å². The smallest absolute Gasteiger partial charge is 0.341 e. The van der Waals surface area contributed by atoms with E-state index in [1.807, 2.05) is 0 Å². The first-order chi connectivity index (χ1) is 11.0. The number of carbonyl (C=O) groups is 1. The van der Waals surface area contributed by atoms with Crippen LogP contribution in [0, 0.1) is 5.41 Å². The van der Waals surface area contributed by atoms with E-state index in [2.05, 4.69) is 0 Å². The molecule has 0 spiro atoms. The van der Waals surface area contributed by atoms with Gasteiger partial charge in [0.25, 0.3) is 0 Å². The number of hydrogen-bond acceptors (Lipinski definition) is 6. The molecule has 0 radical (unpaired) electrons. The Labute approximate surface area is 137 Å². The molecule has 0 saturated carbocycles. The summed E-state index contributed by atoms with van der Waals surface area (Å²) in [7, 11) is -3.70. The van der Waals surface area contributed by atoms with Crippen molar-refractivity contribution in [2.45, 2.75) is 32.9 Å². The van der Waals surface area contributed by atoms with E-state index in [4.69, 9.17) is 19.2 Å². The summed E-state index contributed by atoms with van der Waals surface area (Å²) in [6.45, 7) is 5.72. The van der Waals surface area contributed by atoms with Gasteiger partial charge in [0.05, 0.1) is 19.8 Å². The van der Waals surface area contributed by atoms with Crippen LogP contribution in [-0.4, -0.2) is 37.2 Å². The van der Waals surface area contributed by atoms with Gasteiger partial charge in [-0.1, -0.05) is 30.3 Å². The quantitative estimate of drug-likeness (QED) is 0.302. The summed E-state index contributed by atoms with van der Waals surface area (Å²) in [6.07, 6.45) is -0.126. The molecule has 1 rings (SSSR count). The van der Waals surface area contributed by atoms with Crippen LogP contribution in [0.15, 0.2) is 30.3 Å². The zero-order chi connectivity index (χ0) is 17.3. The molecule has 6 nitrogen and oxygen atoms in total. The molecule has 23 heavy (non-hydrogen) atoms. The van der Waals surface area contributed by atoms with Gasteiger partial charge in [0.1, 0.15) is 5.66 Å². The van der Waals surface area contributed by atoms with Crippen LogP contribution in [0.1, 0.15) is 37.6 Å². The Balaban J connectivity index is 3.16. The first-order valence-corrected chi connectivity index (χ1v) is 9.27. The molecular formula is C16H24NO5P. The van der Waals surface area contributed by atoms with Gasteiger partial charge in [-0.3, -0.25) is 14.8 Å². The second kappa shape index (κ2) is 9.60. The fraction of sp³-hybridized carbons (Fsp3) is 0.500. The average Bonchev–Trinajstić information content (AvgIpc) is 2.53. The predicted octanol–water partition coefficient (Wildman–Crippen LogP) is 3.91. The molecule has 0 amide bonds. The number of nitrogens with one attached hydrogen (secondary N) is 1. The van der Waals surface area contributed by atoms with Gasteiger partial charge in [0, 0.05) is 12.0 Å². The second-order valence-corrected chi connectivity index (χ2v) is 6.90. The second-order valence-electron chi connectivity index (χ2n) is 4.68. The molecule has 0 bridgehead atoms. The minimum absolute atomic E-state index is 0.110. The molecule has 1 unspecified atom stereocenters. The van der Waals surface area contributed by atoms with E-state index >= 15 is 0 Å². The molecule has 128 valence electrons. The lowest BCUT2D eigenvalue weighted by molar-refractivity contribution is 0.0966. The van der Waals surface area contributed by atoms with Crippen molar-refractivity contribution in [3.63, 3.8) is 0 Å². The Kier molecular flexibility index (Phi) is 8.17. The van der Waals surface area contributed by atoms with Crippen LogP contribution >= 0.6 is 7.60 Å². The van der Waals surface area contributed by atoms with Crippen LogP contribution in [0.4, 0.5) is 0 Å². The summed E-state index contributed by atoms with van der Waals surface area (Å²) < 4.78 is 28.8. The van der Waals surface area contributed by atoms with Gasteiger partial charge in [-0.05, 0) is 20.8 Å². The molecule has 0 fully saturated rings. The summed E-state index contributed by atoms with van der Waals surface area (Å²) in [6, 6.07) is 8.53. The summed E-state index contributed by atoms with van der Waals surface area (Å²) in [4.78, 5) is 12.8. The highest BCUT2D eigenvalue weighted by atomic mass is 31.2. The van der Waals surface area contributed by atoms with Crippen molar-refractivity contribution in [3.05, 3.63) is 35.9 Å². The van der Waals surface area contributed by atoms with Crippen LogP contribution in [0.5, 0.6) is 0 Å². The van der Waals surface area contributed by atoms with Crippen molar-refractivity contribution < 1.29 is 23.1 Å². The van der Waals surface area contributed by atoms with E-state index in [1.54, 1.807) is 51.1 Å². The van der Waals surface area contributed by atoms with Gasteiger partial charge < -0.3 is 13.8 Å². The van der Waals surface area contributed by atoms with Crippen LogP contribution in [-0.2, 0) is 18.3 Å². The lowest BCUT2D eigenvalue weighted by atomic mass is 10.1. The molecule has 0 aliphatic heterocycles. The van der Waals surface area contributed by atoms with Gasteiger partial charge in [-0.2, -0.15) is 0 Å². The Morgan fingerprint density at radius 3 is 2.13 bits per heavy atom. The minimum atomic E-state index is -3.70. The molecule has 1 atom stereocenters. The zero-order valence-corrected chi connectivity index (χ0v) is 14.7. The standard InChI is InChI=1S/C16H24NO5P/c1-4-20-15(17)12-14(23(19,21-5-2)22-6-3)16(18)13-10-8-7-9-11-13/h7-11,14,17H,4-6,12H2,1-3H3. The number of ether oxygens (including phenoxy) is 1. The highest BCUT2D eigenvalue weighted by Gasteiger charge is 2.42. The third kappa shape index (κ3) is 5.57. The van der Waals surface area contributed by atoms with Gasteiger partial charge >= 0.3 is 7.60 Å². The lowest BCUT2D eigenvalue weighted by Gasteiger charge is -2.25. The van der Waals surface area contributed by atoms with Crippen LogP contribution in [0.2, 0.25) is 0 Å². The fourth-order valence-electron chi connectivity index (χ4n) is 2.13. The van der Waals surface area contributed by atoms with E-state index in [1.165, 1.54) is 0 Å². The number of Topliss-reactive ketones (excluding diaryl/α,β-unsaturated/α-hetero) is 1. The van der Waals surface area contributed by atoms with Gasteiger partial charge in [-0.25, -0.2) is 0 Å². The number of rotatable bonds is 10.